The van der Waals surface area contributed by atoms with Crippen LogP contribution in [-0.4, -0.2) is 43.6 Å². The van der Waals surface area contributed by atoms with Crippen molar-refractivity contribution in [3.05, 3.63) is 29.8 Å². The Balaban J connectivity index is 0.00000264. The van der Waals surface area contributed by atoms with E-state index in [9.17, 15) is 4.79 Å². The van der Waals surface area contributed by atoms with E-state index in [1.807, 2.05) is 24.1 Å². The van der Waals surface area contributed by atoms with Gasteiger partial charge in [0.25, 0.3) is 0 Å². The molecule has 1 atom stereocenters. The normalized spacial score (nSPS) is 17.2. The highest BCUT2D eigenvalue weighted by Gasteiger charge is 2.27. The fourth-order valence-corrected chi connectivity index (χ4v) is 2.96. The summed E-state index contributed by atoms with van der Waals surface area (Å²) in [5.74, 6) is 1.57. The summed E-state index contributed by atoms with van der Waals surface area (Å²) < 4.78 is 5.70. The maximum atomic E-state index is 12.3. The number of amides is 1. The Kier molecular flexibility index (Phi) is 8.42. The van der Waals surface area contributed by atoms with Crippen molar-refractivity contribution in [3.8, 4) is 5.75 Å². The van der Waals surface area contributed by atoms with E-state index in [1.54, 1.807) is 0 Å². The molecule has 1 aromatic rings. The first-order valence-corrected chi connectivity index (χ1v) is 8.28. The molecule has 1 saturated heterocycles. The van der Waals surface area contributed by atoms with E-state index in [0.717, 1.165) is 31.7 Å². The Morgan fingerprint density at radius 3 is 2.65 bits per heavy atom. The van der Waals surface area contributed by atoms with Crippen molar-refractivity contribution in [1.29, 1.82) is 0 Å². The lowest BCUT2D eigenvalue weighted by atomic mass is 10.0. The van der Waals surface area contributed by atoms with Crippen molar-refractivity contribution >= 4 is 18.3 Å². The van der Waals surface area contributed by atoms with Gasteiger partial charge in [-0.25, -0.2) is 0 Å². The minimum atomic E-state index is 0. The third kappa shape index (κ3) is 5.70. The summed E-state index contributed by atoms with van der Waals surface area (Å²) >= 11 is 0. The number of carbonyl (C=O) groups excluding carboxylic acids is 1. The van der Waals surface area contributed by atoms with E-state index in [0.29, 0.717) is 25.0 Å². The van der Waals surface area contributed by atoms with Crippen molar-refractivity contribution in [1.82, 2.24) is 10.2 Å². The van der Waals surface area contributed by atoms with Gasteiger partial charge in [0, 0.05) is 19.1 Å². The zero-order valence-electron chi connectivity index (χ0n) is 14.4. The van der Waals surface area contributed by atoms with Crippen LogP contribution in [0.3, 0.4) is 0 Å². The highest BCUT2D eigenvalue weighted by molar-refractivity contribution is 5.85. The Labute approximate surface area is 146 Å². The second kappa shape index (κ2) is 9.78. The molecule has 1 aromatic carbocycles. The number of halogens is 1. The smallest absolute Gasteiger partial charge is 0.226 e. The fourth-order valence-electron chi connectivity index (χ4n) is 2.96. The molecule has 1 fully saturated rings. The summed E-state index contributed by atoms with van der Waals surface area (Å²) in [6.45, 7) is 6.55. The van der Waals surface area contributed by atoms with Crippen LogP contribution in [-0.2, 0) is 4.79 Å². The maximum Gasteiger partial charge on any atom is 0.226 e. The first-order valence-electron chi connectivity index (χ1n) is 8.28. The Morgan fingerprint density at radius 2 is 2.04 bits per heavy atom. The number of benzene rings is 1. The highest BCUT2D eigenvalue weighted by atomic mass is 35.5. The summed E-state index contributed by atoms with van der Waals surface area (Å²) in [7, 11) is 1.94. The van der Waals surface area contributed by atoms with Crippen LogP contribution in [0.1, 0.15) is 44.6 Å². The van der Waals surface area contributed by atoms with Crippen molar-refractivity contribution in [2.75, 3.05) is 26.7 Å². The summed E-state index contributed by atoms with van der Waals surface area (Å²) in [6.07, 6.45) is 2.66. The van der Waals surface area contributed by atoms with Gasteiger partial charge in [-0.1, -0.05) is 26.0 Å². The lowest BCUT2D eigenvalue weighted by molar-refractivity contribution is -0.132. The van der Waals surface area contributed by atoms with Crippen LogP contribution >= 0.6 is 12.4 Å². The van der Waals surface area contributed by atoms with Crippen LogP contribution < -0.4 is 10.1 Å². The van der Waals surface area contributed by atoms with Gasteiger partial charge >= 0.3 is 0 Å². The molecule has 0 aliphatic carbocycles. The van der Waals surface area contributed by atoms with Crippen LogP contribution in [0.25, 0.3) is 0 Å². The van der Waals surface area contributed by atoms with Gasteiger partial charge in [0.05, 0.1) is 13.0 Å². The molecule has 1 aliphatic heterocycles. The molecule has 0 saturated carbocycles. The molecule has 1 amide bonds. The first kappa shape index (κ1) is 19.8. The zero-order chi connectivity index (χ0) is 15.9. The summed E-state index contributed by atoms with van der Waals surface area (Å²) in [5, 5.41) is 3.17. The number of likely N-dealkylation sites (tertiary alicyclic amines) is 1. The third-order valence-electron chi connectivity index (χ3n) is 4.27. The van der Waals surface area contributed by atoms with Crippen molar-refractivity contribution in [2.24, 2.45) is 0 Å². The average molecular weight is 341 g/mol. The van der Waals surface area contributed by atoms with Crippen LogP contribution in [0.5, 0.6) is 5.75 Å². The monoisotopic (exact) mass is 340 g/mol. The number of carbonyl (C=O) groups is 1. The second-order valence-corrected chi connectivity index (χ2v) is 6.26. The SMILES string of the molecule is CNCC1CCCN1C(=O)CCOc1ccc(C(C)C)cc1.Cl. The van der Waals surface area contributed by atoms with Gasteiger partial charge in [-0.2, -0.15) is 0 Å². The standard InChI is InChI=1S/C18H28N2O2.ClH/c1-14(2)15-6-8-17(9-7-15)22-12-10-18(21)20-11-4-5-16(20)13-19-3;/h6-9,14,16,19H,4-5,10-13H2,1-3H3;1H. The van der Waals surface area contributed by atoms with Crippen LogP contribution in [0.2, 0.25) is 0 Å². The molecular weight excluding hydrogens is 312 g/mol. The molecule has 0 spiro atoms. The molecule has 4 nitrogen and oxygen atoms in total. The third-order valence-corrected chi connectivity index (χ3v) is 4.27. The molecule has 5 heteroatoms. The summed E-state index contributed by atoms with van der Waals surface area (Å²) in [5.41, 5.74) is 1.30. The van der Waals surface area contributed by atoms with Crippen molar-refractivity contribution < 1.29 is 9.53 Å². The minimum Gasteiger partial charge on any atom is -0.493 e. The molecule has 1 aliphatic rings. The first-order chi connectivity index (χ1) is 10.6. The van der Waals surface area contributed by atoms with Crippen LogP contribution in [0, 0.1) is 0 Å². The highest BCUT2D eigenvalue weighted by Crippen LogP contribution is 2.20. The Morgan fingerprint density at radius 1 is 1.35 bits per heavy atom. The van der Waals surface area contributed by atoms with Gasteiger partial charge in [-0.05, 0) is 43.5 Å². The van der Waals surface area contributed by atoms with Crippen molar-refractivity contribution in [2.45, 2.75) is 45.1 Å². The topological polar surface area (TPSA) is 41.6 Å². The van der Waals surface area contributed by atoms with E-state index < -0.39 is 0 Å². The largest absolute Gasteiger partial charge is 0.493 e. The number of rotatable bonds is 7. The van der Waals surface area contributed by atoms with Gasteiger partial charge in [-0.3, -0.25) is 4.79 Å². The fraction of sp³-hybridized carbons (Fsp3) is 0.611. The van der Waals surface area contributed by atoms with E-state index in [2.05, 4.69) is 31.3 Å². The summed E-state index contributed by atoms with van der Waals surface area (Å²) in [6, 6.07) is 8.50. The molecule has 0 aromatic heterocycles. The van der Waals surface area contributed by atoms with Gasteiger partial charge < -0.3 is 15.0 Å². The van der Waals surface area contributed by atoms with Gasteiger partial charge in [-0.15, -0.1) is 12.4 Å². The molecule has 1 unspecified atom stereocenters. The van der Waals surface area contributed by atoms with E-state index in [4.69, 9.17) is 4.74 Å². The number of likely N-dealkylation sites (N-methyl/N-ethyl adjacent to an activating group) is 1. The Bertz CT molecular complexity index is 476. The van der Waals surface area contributed by atoms with E-state index in [-0.39, 0.29) is 18.3 Å². The van der Waals surface area contributed by atoms with Gasteiger partial charge in [0.1, 0.15) is 5.75 Å². The number of hydrogen-bond acceptors (Lipinski definition) is 3. The average Bonchev–Trinajstić information content (AvgIpc) is 2.96. The Hall–Kier alpha value is -1.26. The molecule has 1 heterocycles. The molecule has 1 N–H and O–H groups in total. The summed E-state index contributed by atoms with van der Waals surface area (Å²) in [4.78, 5) is 14.3. The maximum absolute atomic E-state index is 12.3. The van der Waals surface area contributed by atoms with E-state index in [1.165, 1.54) is 5.56 Å². The van der Waals surface area contributed by atoms with Gasteiger partial charge in [0.15, 0.2) is 0 Å². The van der Waals surface area contributed by atoms with Crippen LogP contribution in [0.15, 0.2) is 24.3 Å². The molecule has 23 heavy (non-hydrogen) atoms. The van der Waals surface area contributed by atoms with Gasteiger partial charge in [0.2, 0.25) is 5.91 Å². The number of hydrogen-bond donors (Lipinski definition) is 1. The lowest BCUT2D eigenvalue weighted by Gasteiger charge is -2.24. The molecule has 0 bridgehead atoms. The number of nitrogens with one attached hydrogen (secondary N) is 1. The molecule has 0 radical (unpaired) electrons. The predicted octanol–water partition coefficient (Wildman–Crippen LogP) is 3.21. The quantitative estimate of drug-likeness (QED) is 0.828. The van der Waals surface area contributed by atoms with E-state index >= 15 is 0 Å². The predicted molar refractivity (Wildman–Crippen MR) is 96.6 cm³/mol. The molecule has 130 valence electrons. The zero-order valence-corrected chi connectivity index (χ0v) is 15.2. The molecule has 2 rings (SSSR count). The lowest BCUT2D eigenvalue weighted by Crippen LogP contribution is -2.41. The number of ether oxygens (including phenoxy) is 1. The second-order valence-electron chi connectivity index (χ2n) is 6.26. The molecular formula is C18H29ClN2O2. The minimum absolute atomic E-state index is 0. The van der Waals surface area contributed by atoms with Crippen LogP contribution in [0.4, 0.5) is 0 Å². The number of nitrogens with zero attached hydrogens (tertiary/aromatic N) is 1. The van der Waals surface area contributed by atoms with Crippen molar-refractivity contribution in [3.63, 3.8) is 0 Å².